The molecular weight excluding hydrogens is 458 g/mol. The molecule has 2 aliphatic rings. The number of nitrogens with one attached hydrogen (secondary N) is 1. The Hall–Kier alpha value is -1.93. The molecule has 2 aromatic carbocycles. The first-order valence-corrected chi connectivity index (χ1v) is 13.2. The second-order valence-corrected chi connectivity index (χ2v) is 11.9. The maximum atomic E-state index is 13.4. The van der Waals surface area contributed by atoms with Crippen molar-refractivity contribution in [2.45, 2.75) is 39.0 Å². The fourth-order valence-corrected chi connectivity index (χ4v) is 7.43. The Morgan fingerprint density at radius 2 is 1.58 bits per heavy atom. The van der Waals surface area contributed by atoms with Crippen LogP contribution in [-0.4, -0.2) is 56.3 Å². The molecule has 33 heavy (non-hydrogen) atoms. The first-order valence-electron chi connectivity index (χ1n) is 11.4. The van der Waals surface area contributed by atoms with Gasteiger partial charge in [-0.3, -0.25) is 4.79 Å². The number of carbonyl (C=O) groups is 1. The van der Waals surface area contributed by atoms with Crippen LogP contribution in [0.15, 0.2) is 35.2 Å². The SMILES string of the molecule is Cc1cc(C)c(S(=O)(=O)N2CC3CN(CCC(=O)Nc4ccc(C)c(Cl)c4)CC3C2)c(C)c1. The van der Waals surface area contributed by atoms with Crippen molar-refractivity contribution in [3.63, 3.8) is 0 Å². The molecule has 0 radical (unpaired) electrons. The molecule has 6 nitrogen and oxygen atoms in total. The monoisotopic (exact) mass is 489 g/mol. The number of fused-ring (bicyclic) bond motifs is 1. The number of anilines is 1. The van der Waals surface area contributed by atoms with Crippen LogP contribution in [0.2, 0.25) is 5.02 Å². The number of hydrogen-bond donors (Lipinski definition) is 1. The van der Waals surface area contributed by atoms with E-state index in [0.29, 0.717) is 53.5 Å². The van der Waals surface area contributed by atoms with E-state index in [2.05, 4.69) is 10.2 Å². The number of benzene rings is 2. The minimum atomic E-state index is -3.50. The van der Waals surface area contributed by atoms with Crippen LogP contribution in [0, 0.1) is 39.5 Å². The molecule has 2 atom stereocenters. The van der Waals surface area contributed by atoms with Gasteiger partial charge in [-0.15, -0.1) is 0 Å². The van der Waals surface area contributed by atoms with Crippen molar-refractivity contribution in [3.05, 3.63) is 57.6 Å². The van der Waals surface area contributed by atoms with Crippen molar-refractivity contribution in [1.29, 1.82) is 0 Å². The van der Waals surface area contributed by atoms with E-state index in [1.54, 1.807) is 10.4 Å². The fourth-order valence-electron chi connectivity index (χ4n) is 5.28. The molecule has 0 spiro atoms. The number of likely N-dealkylation sites (tertiary alicyclic amines) is 1. The summed E-state index contributed by atoms with van der Waals surface area (Å²) in [5.41, 5.74) is 4.38. The molecule has 1 N–H and O–H groups in total. The van der Waals surface area contributed by atoms with Gasteiger partial charge in [0.1, 0.15) is 0 Å². The number of rotatable bonds is 6. The van der Waals surface area contributed by atoms with Crippen LogP contribution in [0.1, 0.15) is 28.7 Å². The van der Waals surface area contributed by atoms with Gasteiger partial charge in [0.25, 0.3) is 0 Å². The lowest BCUT2D eigenvalue weighted by molar-refractivity contribution is -0.116. The number of sulfonamides is 1. The van der Waals surface area contributed by atoms with Crippen LogP contribution in [0.3, 0.4) is 0 Å². The Morgan fingerprint density at radius 1 is 0.970 bits per heavy atom. The van der Waals surface area contributed by atoms with E-state index in [9.17, 15) is 13.2 Å². The first kappa shape index (κ1) is 24.2. The van der Waals surface area contributed by atoms with Gasteiger partial charge in [-0.1, -0.05) is 35.4 Å². The van der Waals surface area contributed by atoms with Crippen LogP contribution >= 0.6 is 11.6 Å². The lowest BCUT2D eigenvalue weighted by Gasteiger charge is -2.23. The highest BCUT2D eigenvalue weighted by Gasteiger charge is 2.44. The van der Waals surface area contributed by atoms with Crippen LogP contribution in [0.4, 0.5) is 5.69 Å². The quantitative estimate of drug-likeness (QED) is 0.661. The van der Waals surface area contributed by atoms with Crippen LogP contribution in [-0.2, 0) is 14.8 Å². The minimum Gasteiger partial charge on any atom is -0.326 e. The smallest absolute Gasteiger partial charge is 0.243 e. The number of aryl methyl sites for hydroxylation is 4. The van der Waals surface area contributed by atoms with Gasteiger partial charge in [0.15, 0.2) is 0 Å². The highest BCUT2D eigenvalue weighted by Crippen LogP contribution is 2.36. The topological polar surface area (TPSA) is 69.7 Å². The molecule has 0 aromatic heterocycles. The highest BCUT2D eigenvalue weighted by molar-refractivity contribution is 7.89. The molecule has 0 saturated carbocycles. The predicted molar refractivity (Wildman–Crippen MR) is 132 cm³/mol. The third-order valence-corrected chi connectivity index (χ3v) is 9.39. The van der Waals surface area contributed by atoms with Gasteiger partial charge in [-0.25, -0.2) is 8.42 Å². The Balaban J connectivity index is 1.31. The lowest BCUT2D eigenvalue weighted by Crippen LogP contribution is -2.34. The summed E-state index contributed by atoms with van der Waals surface area (Å²) in [7, 11) is -3.50. The van der Waals surface area contributed by atoms with Crippen molar-refractivity contribution < 1.29 is 13.2 Å². The molecule has 0 bridgehead atoms. The Morgan fingerprint density at radius 3 is 2.15 bits per heavy atom. The molecule has 2 fully saturated rings. The zero-order valence-corrected chi connectivity index (χ0v) is 21.3. The van der Waals surface area contributed by atoms with Gasteiger partial charge in [-0.2, -0.15) is 4.31 Å². The molecule has 4 rings (SSSR count). The van der Waals surface area contributed by atoms with Crippen molar-refractivity contribution in [3.8, 4) is 0 Å². The van der Waals surface area contributed by atoms with Gasteiger partial charge >= 0.3 is 0 Å². The standard InChI is InChI=1S/C25H32ClN3O3S/c1-16-9-18(3)25(19(4)10-16)33(31,32)29-14-20-12-28(13-21(20)15-29)8-7-24(30)27-22-6-5-17(2)23(26)11-22/h5-6,9-11,20-21H,7-8,12-15H2,1-4H3,(H,27,30). The largest absolute Gasteiger partial charge is 0.326 e. The fraction of sp³-hybridized carbons (Fsp3) is 0.480. The molecule has 2 heterocycles. The maximum absolute atomic E-state index is 13.4. The van der Waals surface area contributed by atoms with E-state index in [0.717, 1.165) is 35.3 Å². The maximum Gasteiger partial charge on any atom is 0.243 e. The van der Waals surface area contributed by atoms with E-state index in [4.69, 9.17) is 11.6 Å². The molecule has 178 valence electrons. The Kier molecular flexibility index (Phi) is 6.87. The number of carbonyl (C=O) groups excluding carboxylic acids is 1. The summed E-state index contributed by atoms with van der Waals surface area (Å²) in [6, 6.07) is 9.38. The average Bonchev–Trinajstić information content (AvgIpc) is 3.27. The molecule has 8 heteroatoms. The van der Waals surface area contributed by atoms with Gasteiger partial charge in [0.2, 0.25) is 15.9 Å². The third-order valence-electron chi connectivity index (χ3n) is 6.84. The number of amides is 1. The first-order chi connectivity index (χ1) is 15.5. The second-order valence-electron chi connectivity index (χ2n) is 9.59. The molecule has 2 unspecified atom stereocenters. The summed E-state index contributed by atoms with van der Waals surface area (Å²) in [5, 5.41) is 3.54. The van der Waals surface area contributed by atoms with Crippen LogP contribution in [0.5, 0.6) is 0 Å². The molecule has 2 saturated heterocycles. The van der Waals surface area contributed by atoms with E-state index >= 15 is 0 Å². The summed E-state index contributed by atoms with van der Waals surface area (Å²) >= 11 is 6.13. The van der Waals surface area contributed by atoms with Crippen molar-refractivity contribution in [2.24, 2.45) is 11.8 Å². The van der Waals surface area contributed by atoms with Crippen LogP contribution < -0.4 is 5.32 Å². The van der Waals surface area contributed by atoms with Crippen molar-refractivity contribution >= 4 is 33.2 Å². The van der Waals surface area contributed by atoms with Gasteiger partial charge < -0.3 is 10.2 Å². The molecule has 2 aromatic rings. The predicted octanol–water partition coefficient (Wildman–Crippen LogP) is 4.15. The second kappa shape index (κ2) is 9.37. The van der Waals surface area contributed by atoms with Crippen LogP contribution in [0.25, 0.3) is 0 Å². The zero-order chi connectivity index (χ0) is 23.9. The normalized spacial score (nSPS) is 21.4. The summed E-state index contributed by atoms with van der Waals surface area (Å²) in [4.78, 5) is 15.1. The molecule has 1 amide bonds. The lowest BCUT2D eigenvalue weighted by atomic mass is 10.0. The highest BCUT2D eigenvalue weighted by atomic mass is 35.5. The summed E-state index contributed by atoms with van der Waals surface area (Å²) in [5.74, 6) is 0.580. The number of nitrogens with zero attached hydrogens (tertiary/aromatic N) is 2. The molecule has 0 aliphatic carbocycles. The van der Waals surface area contributed by atoms with Gasteiger partial charge in [-0.05, 0) is 68.4 Å². The summed E-state index contributed by atoms with van der Waals surface area (Å²) in [6.45, 7) is 11.1. The summed E-state index contributed by atoms with van der Waals surface area (Å²) < 4.78 is 28.4. The number of hydrogen-bond acceptors (Lipinski definition) is 4. The Labute approximate surface area is 202 Å². The van der Waals surface area contributed by atoms with Gasteiger partial charge in [0.05, 0.1) is 4.90 Å². The third kappa shape index (κ3) is 5.11. The summed E-state index contributed by atoms with van der Waals surface area (Å²) in [6.07, 6.45) is 0.398. The van der Waals surface area contributed by atoms with E-state index in [-0.39, 0.29) is 5.91 Å². The van der Waals surface area contributed by atoms with E-state index < -0.39 is 10.0 Å². The average molecular weight is 490 g/mol. The van der Waals surface area contributed by atoms with Crippen molar-refractivity contribution in [2.75, 3.05) is 38.0 Å². The zero-order valence-electron chi connectivity index (χ0n) is 19.7. The minimum absolute atomic E-state index is 0.0403. The number of halogens is 1. The van der Waals surface area contributed by atoms with E-state index in [1.807, 2.05) is 52.0 Å². The molecular formula is C25H32ClN3O3S. The van der Waals surface area contributed by atoms with Crippen molar-refractivity contribution in [1.82, 2.24) is 9.21 Å². The van der Waals surface area contributed by atoms with Gasteiger partial charge in [0, 0.05) is 49.9 Å². The Bertz CT molecular complexity index is 1140. The van der Waals surface area contributed by atoms with E-state index in [1.165, 1.54) is 0 Å². The molecule has 2 aliphatic heterocycles.